The zero-order valence-corrected chi connectivity index (χ0v) is 17.5. The molecule has 0 bridgehead atoms. The van der Waals surface area contributed by atoms with Crippen LogP contribution in [0.3, 0.4) is 0 Å². The van der Waals surface area contributed by atoms with E-state index in [-0.39, 0.29) is 5.91 Å². The van der Waals surface area contributed by atoms with Crippen LogP contribution in [0.15, 0.2) is 53.3 Å². The first kappa shape index (κ1) is 20.3. The van der Waals surface area contributed by atoms with E-state index in [9.17, 15) is 4.79 Å². The fourth-order valence-electron chi connectivity index (χ4n) is 3.15. The SMILES string of the molecule is Cc1nc(Oc2ccc(NC(=O)CCc3c(C)noc3C)cc2)cc(-n2cccn2)n1. The van der Waals surface area contributed by atoms with Crippen molar-refractivity contribution < 1.29 is 14.1 Å². The van der Waals surface area contributed by atoms with Crippen molar-refractivity contribution in [2.75, 3.05) is 5.32 Å². The Balaban J connectivity index is 1.37. The van der Waals surface area contributed by atoms with Crippen LogP contribution in [0, 0.1) is 20.8 Å². The van der Waals surface area contributed by atoms with Gasteiger partial charge in [-0.1, -0.05) is 5.16 Å². The molecule has 9 heteroatoms. The Hall–Kier alpha value is -4.01. The highest BCUT2D eigenvalue weighted by Crippen LogP contribution is 2.23. The second-order valence-corrected chi connectivity index (χ2v) is 7.04. The van der Waals surface area contributed by atoms with Crippen molar-refractivity contribution in [2.45, 2.75) is 33.6 Å². The lowest BCUT2D eigenvalue weighted by Gasteiger charge is -2.09. The molecule has 4 rings (SSSR count). The minimum Gasteiger partial charge on any atom is -0.439 e. The lowest BCUT2D eigenvalue weighted by Crippen LogP contribution is -2.12. The third kappa shape index (κ3) is 4.95. The van der Waals surface area contributed by atoms with E-state index in [0.717, 1.165) is 17.0 Å². The van der Waals surface area contributed by atoms with Crippen LogP contribution in [0.2, 0.25) is 0 Å². The molecular formula is C22H22N6O3. The van der Waals surface area contributed by atoms with Crippen LogP contribution in [-0.2, 0) is 11.2 Å². The van der Waals surface area contributed by atoms with Crippen LogP contribution in [0.25, 0.3) is 5.82 Å². The molecule has 0 radical (unpaired) electrons. The van der Waals surface area contributed by atoms with E-state index in [1.807, 2.05) is 19.9 Å². The summed E-state index contributed by atoms with van der Waals surface area (Å²) >= 11 is 0. The van der Waals surface area contributed by atoms with Crippen LogP contribution in [0.5, 0.6) is 11.6 Å². The first-order valence-electron chi connectivity index (χ1n) is 9.83. The molecule has 0 aliphatic carbocycles. The molecular weight excluding hydrogens is 396 g/mol. The maximum absolute atomic E-state index is 12.3. The fraction of sp³-hybridized carbons (Fsp3) is 0.227. The van der Waals surface area contributed by atoms with Crippen molar-refractivity contribution in [1.29, 1.82) is 0 Å². The van der Waals surface area contributed by atoms with E-state index in [0.29, 0.717) is 41.8 Å². The van der Waals surface area contributed by atoms with E-state index in [4.69, 9.17) is 9.26 Å². The maximum Gasteiger partial charge on any atom is 0.224 e. The smallest absolute Gasteiger partial charge is 0.224 e. The quantitative estimate of drug-likeness (QED) is 0.484. The van der Waals surface area contributed by atoms with Crippen LogP contribution < -0.4 is 10.1 Å². The molecule has 3 heterocycles. The van der Waals surface area contributed by atoms with E-state index in [2.05, 4.69) is 25.5 Å². The van der Waals surface area contributed by atoms with Gasteiger partial charge in [0.25, 0.3) is 0 Å². The number of aryl methyl sites for hydroxylation is 3. The number of rotatable bonds is 7. The van der Waals surface area contributed by atoms with Gasteiger partial charge in [-0.2, -0.15) is 10.1 Å². The van der Waals surface area contributed by atoms with Crippen molar-refractivity contribution >= 4 is 11.6 Å². The maximum atomic E-state index is 12.3. The molecule has 0 atom stereocenters. The van der Waals surface area contributed by atoms with Crippen molar-refractivity contribution in [3.8, 4) is 17.4 Å². The van der Waals surface area contributed by atoms with Crippen LogP contribution in [0.4, 0.5) is 5.69 Å². The number of amides is 1. The summed E-state index contributed by atoms with van der Waals surface area (Å²) in [5.41, 5.74) is 2.49. The lowest BCUT2D eigenvalue weighted by atomic mass is 10.1. The van der Waals surface area contributed by atoms with Gasteiger partial charge in [0.05, 0.1) is 5.69 Å². The topological polar surface area (TPSA) is 108 Å². The summed E-state index contributed by atoms with van der Waals surface area (Å²) in [6.07, 6.45) is 4.41. The van der Waals surface area contributed by atoms with Gasteiger partial charge >= 0.3 is 0 Å². The molecule has 1 aromatic carbocycles. The number of carbonyl (C=O) groups excluding carboxylic acids is 1. The second kappa shape index (κ2) is 8.78. The van der Waals surface area contributed by atoms with Crippen LogP contribution in [0.1, 0.15) is 29.3 Å². The van der Waals surface area contributed by atoms with Gasteiger partial charge in [0.1, 0.15) is 17.3 Å². The highest BCUT2D eigenvalue weighted by Gasteiger charge is 2.12. The summed E-state index contributed by atoms with van der Waals surface area (Å²) < 4.78 is 12.6. The van der Waals surface area contributed by atoms with E-state index >= 15 is 0 Å². The number of hydrogen-bond donors (Lipinski definition) is 1. The predicted octanol–water partition coefficient (Wildman–Crippen LogP) is 3.94. The van der Waals surface area contributed by atoms with Crippen LogP contribution in [-0.4, -0.2) is 30.8 Å². The number of aromatic nitrogens is 5. The molecule has 1 N–H and O–H groups in total. The Kier molecular flexibility index (Phi) is 5.74. The molecule has 158 valence electrons. The largest absolute Gasteiger partial charge is 0.439 e. The minimum absolute atomic E-state index is 0.0797. The molecule has 1 amide bonds. The first-order valence-corrected chi connectivity index (χ1v) is 9.83. The molecule has 0 aliphatic rings. The summed E-state index contributed by atoms with van der Waals surface area (Å²) in [4.78, 5) is 21.0. The van der Waals surface area contributed by atoms with Crippen molar-refractivity contribution in [1.82, 2.24) is 24.9 Å². The number of ether oxygens (including phenoxy) is 1. The van der Waals surface area contributed by atoms with Gasteiger partial charge in [-0.15, -0.1) is 0 Å². The zero-order chi connectivity index (χ0) is 21.8. The van der Waals surface area contributed by atoms with Gasteiger partial charge in [-0.3, -0.25) is 4.79 Å². The molecule has 0 spiro atoms. The second-order valence-electron chi connectivity index (χ2n) is 7.04. The average Bonchev–Trinajstić information content (AvgIpc) is 3.38. The Morgan fingerprint density at radius 3 is 2.65 bits per heavy atom. The number of nitrogens with one attached hydrogen (secondary N) is 1. The number of hydrogen-bond acceptors (Lipinski definition) is 7. The first-order chi connectivity index (χ1) is 15.0. The number of nitrogens with zero attached hydrogens (tertiary/aromatic N) is 5. The van der Waals surface area contributed by atoms with Crippen LogP contribution >= 0.6 is 0 Å². The summed E-state index contributed by atoms with van der Waals surface area (Å²) in [6.45, 7) is 5.52. The molecule has 0 aliphatic heterocycles. The number of anilines is 1. The third-order valence-corrected chi connectivity index (χ3v) is 4.68. The summed E-state index contributed by atoms with van der Waals surface area (Å²) in [5, 5.41) is 11.0. The summed E-state index contributed by atoms with van der Waals surface area (Å²) in [7, 11) is 0. The van der Waals surface area contributed by atoms with Crippen molar-refractivity contribution in [3.63, 3.8) is 0 Å². The minimum atomic E-state index is -0.0797. The molecule has 0 fully saturated rings. The Labute approximate surface area is 179 Å². The molecule has 0 saturated heterocycles. The molecule has 31 heavy (non-hydrogen) atoms. The standard InChI is InChI=1S/C22H22N6O3/c1-14-19(15(2)31-27-14)9-10-21(29)26-17-5-7-18(8-6-17)30-22-13-20(24-16(3)25-22)28-12-4-11-23-28/h4-8,11-13H,9-10H2,1-3H3,(H,26,29). The Morgan fingerprint density at radius 2 is 1.97 bits per heavy atom. The third-order valence-electron chi connectivity index (χ3n) is 4.68. The normalized spacial score (nSPS) is 10.8. The predicted molar refractivity (Wildman–Crippen MR) is 113 cm³/mol. The van der Waals surface area contributed by atoms with Crippen molar-refractivity contribution in [3.05, 3.63) is 71.6 Å². The number of benzene rings is 1. The molecule has 0 unspecified atom stereocenters. The summed E-state index contributed by atoms with van der Waals surface area (Å²) in [5.74, 6) is 2.87. The zero-order valence-electron chi connectivity index (χ0n) is 17.5. The van der Waals surface area contributed by atoms with Crippen molar-refractivity contribution in [2.24, 2.45) is 0 Å². The van der Waals surface area contributed by atoms with E-state index in [1.165, 1.54) is 0 Å². The Bertz CT molecular complexity index is 1160. The van der Waals surface area contributed by atoms with Gasteiger partial charge in [-0.25, -0.2) is 9.67 Å². The van der Waals surface area contributed by atoms with Gasteiger partial charge in [0.15, 0.2) is 5.82 Å². The van der Waals surface area contributed by atoms with E-state index < -0.39 is 0 Å². The Morgan fingerprint density at radius 1 is 1.16 bits per heavy atom. The van der Waals surface area contributed by atoms with Gasteiger partial charge in [0.2, 0.25) is 11.8 Å². The molecule has 0 saturated carbocycles. The molecule has 9 nitrogen and oxygen atoms in total. The average molecular weight is 418 g/mol. The van der Waals surface area contributed by atoms with Gasteiger partial charge in [-0.05, 0) is 57.5 Å². The highest BCUT2D eigenvalue weighted by molar-refractivity contribution is 5.90. The monoisotopic (exact) mass is 418 g/mol. The van der Waals surface area contributed by atoms with E-state index in [1.54, 1.807) is 54.3 Å². The number of carbonyl (C=O) groups is 1. The molecule has 4 aromatic rings. The highest BCUT2D eigenvalue weighted by atomic mass is 16.5. The fourth-order valence-corrected chi connectivity index (χ4v) is 3.15. The van der Waals surface area contributed by atoms with Gasteiger partial charge in [0, 0.05) is 36.1 Å². The lowest BCUT2D eigenvalue weighted by molar-refractivity contribution is -0.116. The molecule has 3 aromatic heterocycles. The summed E-state index contributed by atoms with van der Waals surface area (Å²) in [6, 6.07) is 10.6. The van der Waals surface area contributed by atoms with Gasteiger partial charge < -0.3 is 14.6 Å².